The van der Waals surface area contributed by atoms with Gasteiger partial charge < -0.3 is 10.2 Å². The van der Waals surface area contributed by atoms with Crippen molar-refractivity contribution in [1.82, 2.24) is 4.90 Å². The van der Waals surface area contributed by atoms with Crippen LogP contribution in [0.25, 0.3) is 0 Å². The van der Waals surface area contributed by atoms with Crippen molar-refractivity contribution in [3.8, 4) is 5.75 Å². The summed E-state index contributed by atoms with van der Waals surface area (Å²) in [6.07, 6.45) is 1.83. The Morgan fingerprint density at radius 3 is 2.95 bits per heavy atom. The summed E-state index contributed by atoms with van der Waals surface area (Å²) in [5.41, 5.74) is 0.571. The Morgan fingerprint density at radius 1 is 1.55 bits per heavy atom. The van der Waals surface area contributed by atoms with E-state index in [-0.39, 0.29) is 18.2 Å². The smallest absolute Gasteiger partial charge is 0.303 e. The Bertz CT molecular complexity index is 492. The number of phenolic OH excluding ortho intramolecular Hbond substituents is 1. The first-order valence-corrected chi connectivity index (χ1v) is 6.91. The number of carboxylic acids is 1. The number of hydrogen-bond acceptors (Lipinski definition) is 3. The van der Waals surface area contributed by atoms with Crippen LogP contribution in [0.1, 0.15) is 37.8 Å². The molecule has 0 saturated carbocycles. The lowest BCUT2D eigenvalue weighted by atomic mass is 10.0. The molecule has 2 rings (SSSR count). The first-order chi connectivity index (χ1) is 9.47. The SMILES string of the molecule is CC(c1ccc(O)cc1F)N1CCC(CCC(=O)O)C1. The third-order valence-corrected chi connectivity index (χ3v) is 4.07. The summed E-state index contributed by atoms with van der Waals surface area (Å²) in [5.74, 6) is -0.861. The fourth-order valence-corrected chi connectivity index (χ4v) is 2.83. The van der Waals surface area contributed by atoms with Crippen LogP contribution in [0.5, 0.6) is 5.75 Å². The van der Waals surface area contributed by atoms with E-state index >= 15 is 0 Å². The van der Waals surface area contributed by atoms with Crippen LogP contribution in [0.2, 0.25) is 0 Å². The molecule has 20 heavy (non-hydrogen) atoms. The van der Waals surface area contributed by atoms with E-state index in [1.54, 1.807) is 6.07 Å². The summed E-state index contributed by atoms with van der Waals surface area (Å²) >= 11 is 0. The molecule has 1 fully saturated rings. The lowest BCUT2D eigenvalue weighted by molar-refractivity contribution is -0.137. The predicted octanol–water partition coefficient (Wildman–Crippen LogP) is 2.78. The first kappa shape index (κ1) is 14.8. The number of phenols is 1. The van der Waals surface area contributed by atoms with Crippen molar-refractivity contribution in [2.24, 2.45) is 5.92 Å². The molecule has 1 aliphatic heterocycles. The minimum atomic E-state index is -0.763. The highest BCUT2D eigenvalue weighted by atomic mass is 19.1. The number of rotatable bonds is 5. The van der Waals surface area contributed by atoms with Gasteiger partial charge in [0.2, 0.25) is 0 Å². The molecular weight excluding hydrogens is 261 g/mol. The van der Waals surface area contributed by atoms with Crippen molar-refractivity contribution >= 4 is 5.97 Å². The highest BCUT2D eigenvalue weighted by Gasteiger charge is 2.28. The molecule has 0 amide bonds. The van der Waals surface area contributed by atoms with Gasteiger partial charge >= 0.3 is 5.97 Å². The summed E-state index contributed by atoms with van der Waals surface area (Å²) in [6, 6.07) is 4.17. The van der Waals surface area contributed by atoms with Gasteiger partial charge in [-0.25, -0.2) is 4.39 Å². The Hall–Kier alpha value is -1.62. The number of benzene rings is 1. The van der Waals surface area contributed by atoms with Crippen LogP contribution in [0.4, 0.5) is 4.39 Å². The molecule has 2 atom stereocenters. The maximum atomic E-state index is 13.8. The van der Waals surface area contributed by atoms with E-state index < -0.39 is 11.8 Å². The van der Waals surface area contributed by atoms with Crippen LogP contribution in [0.15, 0.2) is 18.2 Å². The second-order valence-corrected chi connectivity index (χ2v) is 5.46. The monoisotopic (exact) mass is 281 g/mol. The lowest BCUT2D eigenvalue weighted by Gasteiger charge is -2.25. The van der Waals surface area contributed by atoms with E-state index in [9.17, 15) is 14.3 Å². The van der Waals surface area contributed by atoms with Crippen molar-refractivity contribution in [3.05, 3.63) is 29.6 Å². The van der Waals surface area contributed by atoms with E-state index in [0.717, 1.165) is 25.6 Å². The zero-order valence-corrected chi connectivity index (χ0v) is 11.6. The van der Waals surface area contributed by atoms with Crippen molar-refractivity contribution in [3.63, 3.8) is 0 Å². The van der Waals surface area contributed by atoms with E-state index in [2.05, 4.69) is 4.90 Å². The van der Waals surface area contributed by atoms with Gasteiger partial charge in [-0.1, -0.05) is 6.07 Å². The molecule has 1 heterocycles. The van der Waals surface area contributed by atoms with E-state index in [1.807, 2.05) is 6.92 Å². The fourth-order valence-electron chi connectivity index (χ4n) is 2.83. The molecule has 0 aromatic heterocycles. The molecule has 4 nitrogen and oxygen atoms in total. The zero-order chi connectivity index (χ0) is 14.7. The Kier molecular flexibility index (Phi) is 4.60. The second kappa shape index (κ2) is 6.22. The standard InChI is InChI=1S/C15H20FNO3/c1-10(13-4-3-12(18)8-14(13)16)17-7-6-11(9-17)2-5-15(19)20/h3-4,8,10-11,18H,2,5-7,9H2,1H3,(H,19,20). The normalized spacial score (nSPS) is 21.0. The molecule has 110 valence electrons. The summed E-state index contributed by atoms with van der Waals surface area (Å²) in [6.45, 7) is 3.59. The van der Waals surface area contributed by atoms with Gasteiger partial charge in [-0.15, -0.1) is 0 Å². The highest BCUT2D eigenvalue weighted by Crippen LogP contribution is 2.31. The third kappa shape index (κ3) is 3.48. The largest absolute Gasteiger partial charge is 0.508 e. The molecule has 1 saturated heterocycles. The van der Waals surface area contributed by atoms with Gasteiger partial charge in [0.05, 0.1) is 0 Å². The van der Waals surface area contributed by atoms with Gasteiger partial charge in [0.15, 0.2) is 0 Å². The van der Waals surface area contributed by atoms with Gasteiger partial charge in [-0.2, -0.15) is 0 Å². The average Bonchev–Trinajstić information content (AvgIpc) is 2.84. The van der Waals surface area contributed by atoms with Crippen LogP contribution in [-0.4, -0.2) is 34.2 Å². The van der Waals surface area contributed by atoms with Crippen molar-refractivity contribution in [2.75, 3.05) is 13.1 Å². The van der Waals surface area contributed by atoms with Gasteiger partial charge in [-0.05, 0) is 38.3 Å². The van der Waals surface area contributed by atoms with Crippen LogP contribution in [0, 0.1) is 11.7 Å². The molecule has 0 aliphatic carbocycles. The van der Waals surface area contributed by atoms with Crippen LogP contribution >= 0.6 is 0 Å². The first-order valence-electron chi connectivity index (χ1n) is 6.91. The number of aromatic hydroxyl groups is 1. The molecule has 0 spiro atoms. The van der Waals surface area contributed by atoms with Crippen molar-refractivity contribution < 1.29 is 19.4 Å². The van der Waals surface area contributed by atoms with Crippen LogP contribution in [0.3, 0.4) is 0 Å². The number of nitrogens with zero attached hydrogens (tertiary/aromatic N) is 1. The number of hydrogen-bond donors (Lipinski definition) is 2. The van der Waals surface area contributed by atoms with Crippen molar-refractivity contribution in [2.45, 2.75) is 32.2 Å². The topological polar surface area (TPSA) is 60.8 Å². The van der Waals surface area contributed by atoms with E-state index in [1.165, 1.54) is 6.07 Å². The molecule has 1 aliphatic rings. The lowest BCUT2D eigenvalue weighted by Crippen LogP contribution is -2.25. The predicted molar refractivity (Wildman–Crippen MR) is 73.0 cm³/mol. The molecule has 5 heteroatoms. The van der Waals surface area contributed by atoms with Gasteiger partial charge in [0.25, 0.3) is 0 Å². The Labute approximate surface area is 117 Å². The Morgan fingerprint density at radius 2 is 2.30 bits per heavy atom. The average molecular weight is 281 g/mol. The maximum absolute atomic E-state index is 13.8. The highest BCUT2D eigenvalue weighted by molar-refractivity contribution is 5.66. The maximum Gasteiger partial charge on any atom is 0.303 e. The molecule has 0 bridgehead atoms. The fraction of sp³-hybridized carbons (Fsp3) is 0.533. The minimum Gasteiger partial charge on any atom is -0.508 e. The number of likely N-dealkylation sites (tertiary alicyclic amines) is 1. The van der Waals surface area contributed by atoms with Crippen LogP contribution < -0.4 is 0 Å². The van der Waals surface area contributed by atoms with Crippen molar-refractivity contribution in [1.29, 1.82) is 0 Å². The molecule has 2 unspecified atom stereocenters. The quantitative estimate of drug-likeness (QED) is 0.871. The van der Waals surface area contributed by atoms with Gasteiger partial charge in [0.1, 0.15) is 11.6 Å². The summed E-state index contributed by atoms with van der Waals surface area (Å²) in [5, 5.41) is 17.9. The van der Waals surface area contributed by atoms with Gasteiger partial charge in [-0.3, -0.25) is 9.69 Å². The van der Waals surface area contributed by atoms with Gasteiger partial charge in [0, 0.05) is 30.6 Å². The zero-order valence-electron chi connectivity index (χ0n) is 11.6. The third-order valence-electron chi connectivity index (χ3n) is 4.07. The number of halogens is 1. The Balaban J connectivity index is 1.97. The molecule has 1 aromatic carbocycles. The summed E-state index contributed by atoms with van der Waals surface area (Å²) in [4.78, 5) is 12.8. The molecule has 1 aromatic rings. The number of carboxylic acid groups (broad SMARTS) is 1. The molecular formula is C15H20FNO3. The molecule has 0 radical (unpaired) electrons. The number of aliphatic carboxylic acids is 1. The second-order valence-electron chi connectivity index (χ2n) is 5.46. The summed E-state index contributed by atoms with van der Waals surface area (Å²) in [7, 11) is 0. The number of carbonyl (C=O) groups is 1. The summed E-state index contributed by atoms with van der Waals surface area (Å²) < 4.78 is 13.8. The minimum absolute atomic E-state index is 0.0644. The van der Waals surface area contributed by atoms with Crippen LogP contribution in [-0.2, 0) is 4.79 Å². The van der Waals surface area contributed by atoms with E-state index in [0.29, 0.717) is 17.9 Å². The van der Waals surface area contributed by atoms with E-state index in [4.69, 9.17) is 5.11 Å². The molecule has 2 N–H and O–H groups in total.